The van der Waals surface area contributed by atoms with Crippen molar-refractivity contribution in [1.82, 2.24) is 14.2 Å². The van der Waals surface area contributed by atoms with E-state index >= 15 is 0 Å². The Labute approximate surface area is 145 Å². The first-order valence-corrected chi connectivity index (χ1v) is 9.80. The van der Waals surface area contributed by atoms with Gasteiger partial charge in [0.25, 0.3) is 0 Å². The van der Waals surface area contributed by atoms with Crippen LogP contribution in [0.25, 0.3) is 6.08 Å². The van der Waals surface area contributed by atoms with Crippen molar-refractivity contribution in [2.75, 3.05) is 26.2 Å². The Kier molecular flexibility index (Phi) is 5.08. The molecule has 0 radical (unpaired) electrons. The monoisotopic (exact) mass is 363 g/mol. The van der Waals surface area contributed by atoms with Gasteiger partial charge in [-0.15, -0.1) is 11.3 Å². The molecule has 1 amide bonds. The van der Waals surface area contributed by atoms with Crippen LogP contribution in [0.15, 0.2) is 53.0 Å². The van der Waals surface area contributed by atoms with E-state index in [9.17, 15) is 13.2 Å². The number of piperazine rings is 1. The average molecular weight is 363 g/mol. The molecule has 8 heteroatoms. The molecule has 1 saturated heterocycles. The Balaban J connectivity index is 1.60. The van der Waals surface area contributed by atoms with Crippen molar-refractivity contribution in [3.63, 3.8) is 0 Å². The molecule has 3 heterocycles. The molecule has 2 aromatic heterocycles. The summed E-state index contributed by atoms with van der Waals surface area (Å²) in [5, 5.41) is 1.95. The predicted octanol–water partition coefficient (Wildman–Crippen LogP) is 1.69. The van der Waals surface area contributed by atoms with Gasteiger partial charge in [0.15, 0.2) is 0 Å². The van der Waals surface area contributed by atoms with Crippen LogP contribution in [0.4, 0.5) is 0 Å². The summed E-state index contributed by atoms with van der Waals surface area (Å²) in [6.07, 6.45) is 6.20. The molecule has 0 atom stereocenters. The quantitative estimate of drug-likeness (QED) is 0.775. The minimum Gasteiger partial charge on any atom is -0.337 e. The van der Waals surface area contributed by atoms with Gasteiger partial charge in [0, 0.05) is 49.5 Å². The second kappa shape index (κ2) is 7.25. The van der Waals surface area contributed by atoms with E-state index in [0.717, 1.165) is 4.88 Å². The van der Waals surface area contributed by atoms with Crippen LogP contribution in [0, 0.1) is 0 Å². The fraction of sp³-hybridized carbons (Fsp3) is 0.250. The molecule has 24 heavy (non-hydrogen) atoms. The van der Waals surface area contributed by atoms with Gasteiger partial charge in [-0.2, -0.15) is 4.31 Å². The third-order valence-electron chi connectivity index (χ3n) is 3.76. The number of carbonyl (C=O) groups is 1. The number of hydrogen-bond acceptors (Lipinski definition) is 5. The first-order chi connectivity index (χ1) is 11.6. The van der Waals surface area contributed by atoms with Gasteiger partial charge in [0.1, 0.15) is 4.90 Å². The van der Waals surface area contributed by atoms with E-state index < -0.39 is 10.0 Å². The van der Waals surface area contributed by atoms with Crippen molar-refractivity contribution >= 4 is 33.3 Å². The van der Waals surface area contributed by atoms with Crippen molar-refractivity contribution in [2.45, 2.75) is 4.90 Å². The first-order valence-electron chi connectivity index (χ1n) is 7.48. The van der Waals surface area contributed by atoms with Crippen LogP contribution in [-0.4, -0.2) is 54.7 Å². The summed E-state index contributed by atoms with van der Waals surface area (Å²) in [7, 11) is -3.54. The summed E-state index contributed by atoms with van der Waals surface area (Å²) in [6.45, 7) is 1.34. The molecule has 3 rings (SSSR count). The van der Waals surface area contributed by atoms with E-state index in [1.165, 1.54) is 28.8 Å². The van der Waals surface area contributed by atoms with E-state index in [4.69, 9.17) is 0 Å². The highest BCUT2D eigenvalue weighted by molar-refractivity contribution is 7.89. The number of hydrogen-bond donors (Lipinski definition) is 0. The molecule has 0 unspecified atom stereocenters. The van der Waals surface area contributed by atoms with Crippen LogP contribution in [0.5, 0.6) is 0 Å². The number of aromatic nitrogens is 1. The number of sulfonamides is 1. The molecule has 1 fully saturated rings. The molecular formula is C16H17N3O3S2. The largest absolute Gasteiger partial charge is 0.337 e. The van der Waals surface area contributed by atoms with Gasteiger partial charge in [0.2, 0.25) is 15.9 Å². The molecule has 0 spiro atoms. The Hall–Kier alpha value is -2.03. The zero-order chi connectivity index (χ0) is 17.0. The first kappa shape index (κ1) is 16.8. The summed E-state index contributed by atoms with van der Waals surface area (Å²) >= 11 is 1.56. The highest BCUT2D eigenvalue weighted by atomic mass is 32.2. The minimum absolute atomic E-state index is 0.0955. The van der Waals surface area contributed by atoms with Crippen LogP contribution in [0.1, 0.15) is 4.88 Å². The van der Waals surface area contributed by atoms with E-state index in [1.54, 1.807) is 28.4 Å². The summed E-state index contributed by atoms with van der Waals surface area (Å²) < 4.78 is 26.4. The Morgan fingerprint density at radius 3 is 2.58 bits per heavy atom. The Bertz CT molecular complexity index is 810. The van der Waals surface area contributed by atoms with Crippen LogP contribution >= 0.6 is 11.3 Å². The van der Waals surface area contributed by atoms with Crippen molar-refractivity contribution < 1.29 is 13.2 Å². The number of carbonyl (C=O) groups excluding carboxylic acids is 1. The molecule has 2 aromatic rings. The topological polar surface area (TPSA) is 70.6 Å². The lowest BCUT2D eigenvalue weighted by molar-refractivity contribution is -0.127. The Morgan fingerprint density at radius 1 is 1.17 bits per heavy atom. The van der Waals surface area contributed by atoms with E-state index in [1.807, 2.05) is 17.5 Å². The summed E-state index contributed by atoms with van der Waals surface area (Å²) in [4.78, 5) is 18.9. The van der Waals surface area contributed by atoms with Crippen molar-refractivity contribution in [2.24, 2.45) is 0 Å². The molecule has 6 nitrogen and oxygen atoms in total. The average Bonchev–Trinajstić information content (AvgIpc) is 3.14. The highest BCUT2D eigenvalue weighted by Crippen LogP contribution is 2.17. The van der Waals surface area contributed by atoms with Gasteiger partial charge in [-0.25, -0.2) is 8.42 Å². The van der Waals surface area contributed by atoms with Crippen molar-refractivity contribution in [1.29, 1.82) is 0 Å². The van der Waals surface area contributed by atoms with Gasteiger partial charge in [-0.1, -0.05) is 6.07 Å². The SMILES string of the molecule is O=C(/C=C/c1cccs1)N1CCN(S(=O)(=O)c2cccnc2)CC1. The lowest BCUT2D eigenvalue weighted by Crippen LogP contribution is -2.50. The molecule has 0 bridgehead atoms. The zero-order valence-corrected chi connectivity index (χ0v) is 14.5. The van der Waals surface area contributed by atoms with Gasteiger partial charge >= 0.3 is 0 Å². The van der Waals surface area contributed by atoms with Crippen LogP contribution in [0.3, 0.4) is 0 Å². The molecule has 0 aromatic carbocycles. The van der Waals surface area contributed by atoms with Gasteiger partial charge in [0.05, 0.1) is 0 Å². The molecular weight excluding hydrogens is 346 g/mol. The lowest BCUT2D eigenvalue weighted by atomic mass is 10.3. The summed E-state index contributed by atoms with van der Waals surface area (Å²) in [6, 6.07) is 7.00. The van der Waals surface area contributed by atoms with E-state index in [0.29, 0.717) is 13.1 Å². The summed E-state index contributed by atoms with van der Waals surface area (Å²) in [5.74, 6) is -0.0955. The number of thiophene rings is 1. The minimum atomic E-state index is -3.54. The smallest absolute Gasteiger partial charge is 0.246 e. The summed E-state index contributed by atoms with van der Waals surface area (Å²) in [5.41, 5.74) is 0. The fourth-order valence-corrected chi connectivity index (χ4v) is 4.45. The fourth-order valence-electron chi connectivity index (χ4n) is 2.44. The van der Waals surface area contributed by atoms with Gasteiger partial charge in [-0.3, -0.25) is 9.78 Å². The number of amides is 1. The standard InChI is InChI=1S/C16H17N3O3S2/c20-16(6-5-14-3-2-12-23-14)18-8-10-19(11-9-18)24(21,22)15-4-1-7-17-13-15/h1-7,12-13H,8-11H2/b6-5+. The van der Waals surface area contributed by atoms with E-state index in [2.05, 4.69) is 4.98 Å². The second-order valence-corrected chi connectivity index (χ2v) is 8.18. The maximum Gasteiger partial charge on any atom is 0.246 e. The normalized spacial score (nSPS) is 16.6. The van der Waals surface area contributed by atoms with Crippen LogP contribution in [0.2, 0.25) is 0 Å². The molecule has 0 saturated carbocycles. The van der Waals surface area contributed by atoms with Crippen molar-refractivity contribution in [3.05, 3.63) is 53.0 Å². The third kappa shape index (κ3) is 3.72. The number of rotatable bonds is 4. The number of pyridine rings is 1. The molecule has 126 valence electrons. The third-order valence-corrected chi connectivity index (χ3v) is 6.48. The second-order valence-electron chi connectivity index (χ2n) is 5.27. The molecule has 1 aliphatic rings. The van der Waals surface area contributed by atoms with Crippen molar-refractivity contribution in [3.8, 4) is 0 Å². The molecule has 1 aliphatic heterocycles. The van der Waals surface area contributed by atoms with Gasteiger partial charge < -0.3 is 4.90 Å². The van der Waals surface area contributed by atoms with Crippen LogP contribution in [-0.2, 0) is 14.8 Å². The van der Waals surface area contributed by atoms with Gasteiger partial charge in [-0.05, 0) is 29.7 Å². The number of nitrogens with zero attached hydrogens (tertiary/aromatic N) is 3. The zero-order valence-electron chi connectivity index (χ0n) is 12.9. The Morgan fingerprint density at radius 2 is 1.96 bits per heavy atom. The molecule has 0 N–H and O–H groups in total. The maximum atomic E-state index is 12.5. The van der Waals surface area contributed by atoms with Crippen LogP contribution < -0.4 is 0 Å². The highest BCUT2D eigenvalue weighted by Gasteiger charge is 2.29. The van der Waals surface area contributed by atoms with E-state index in [-0.39, 0.29) is 23.9 Å². The lowest BCUT2D eigenvalue weighted by Gasteiger charge is -2.33. The molecule has 0 aliphatic carbocycles. The maximum absolute atomic E-state index is 12.5. The predicted molar refractivity (Wildman–Crippen MR) is 92.9 cm³/mol.